The number of hydrogen-bond acceptors (Lipinski definition) is 2. The zero-order valence-corrected chi connectivity index (χ0v) is 11.7. The van der Waals surface area contributed by atoms with E-state index in [0.717, 1.165) is 18.2 Å². The van der Waals surface area contributed by atoms with Gasteiger partial charge in [-0.2, -0.15) is 0 Å². The summed E-state index contributed by atoms with van der Waals surface area (Å²) >= 11 is 0. The Morgan fingerprint density at radius 2 is 1.95 bits per heavy atom. The fraction of sp³-hybridized carbons (Fsp3) is 0.562. The molecule has 3 nitrogen and oxygen atoms in total. The van der Waals surface area contributed by atoms with Crippen molar-refractivity contribution in [3.05, 3.63) is 30.3 Å². The van der Waals surface area contributed by atoms with E-state index < -0.39 is 0 Å². The lowest BCUT2D eigenvalue weighted by atomic mass is 9.80. The van der Waals surface area contributed by atoms with Crippen molar-refractivity contribution in [1.29, 1.82) is 0 Å². The second kappa shape index (κ2) is 7.17. The van der Waals surface area contributed by atoms with Crippen molar-refractivity contribution in [1.82, 2.24) is 5.32 Å². The fourth-order valence-corrected chi connectivity index (χ4v) is 2.74. The molecule has 2 rings (SSSR count). The standard InChI is InChI=1S/C16H24N2O/c1-13-7-5-6-8-14(13)11-18-16(19)12-17-15-9-3-2-4-10-15/h2-4,9-10,13-14,17H,5-8,11-12H2,1H3,(H,18,19). The van der Waals surface area contributed by atoms with Gasteiger partial charge in [0.05, 0.1) is 6.54 Å². The summed E-state index contributed by atoms with van der Waals surface area (Å²) in [6.07, 6.45) is 5.23. The first kappa shape index (κ1) is 13.9. The van der Waals surface area contributed by atoms with Crippen molar-refractivity contribution in [3.8, 4) is 0 Å². The Labute approximate surface area is 115 Å². The molecule has 0 aliphatic heterocycles. The Kier molecular flexibility index (Phi) is 5.25. The molecule has 19 heavy (non-hydrogen) atoms. The van der Waals surface area contributed by atoms with Gasteiger partial charge in [-0.15, -0.1) is 0 Å². The molecule has 2 unspecified atom stereocenters. The molecule has 1 fully saturated rings. The third kappa shape index (κ3) is 4.58. The van der Waals surface area contributed by atoms with Gasteiger partial charge < -0.3 is 10.6 Å². The van der Waals surface area contributed by atoms with Crippen LogP contribution in [0.4, 0.5) is 5.69 Å². The Hall–Kier alpha value is -1.51. The van der Waals surface area contributed by atoms with Gasteiger partial charge in [-0.3, -0.25) is 4.79 Å². The first-order chi connectivity index (χ1) is 9.25. The van der Waals surface area contributed by atoms with Crippen LogP contribution in [0, 0.1) is 11.8 Å². The summed E-state index contributed by atoms with van der Waals surface area (Å²) < 4.78 is 0. The third-order valence-electron chi connectivity index (χ3n) is 4.08. The average molecular weight is 260 g/mol. The molecule has 1 aliphatic rings. The van der Waals surface area contributed by atoms with Crippen LogP contribution in [0.25, 0.3) is 0 Å². The van der Waals surface area contributed by atoms with Crippen molar-refractivity contribution >= 4 is 11.6 Å². The molecule has 1 saturated carbocycles. The third-order valence-corrected chi connectivity index (χ3v) is 4.08. The Morgan fingerprint density at radius 3 is 2.68 bits per heavy atom. The van der Waals surface area contributed by atoms with Crippen LogP contribution in [0.5, 0.6) is 0 Å². The van der Waals surface area contributed by atoms with E-state index >= 15 is 0 Å². The molecular formula is C16H24N2O. The number of para-hydroxylation sites is 1. The summed E-state index contributed by atoms with van der Waals surface area (Å²) in [5.41, 5.74) is 0.990. The van der Waals surface area contributed by atoms with Crippen molar-refractivity contribution in [3.63, 3.8) is 0 Å². The van der Waals surface area contributed by atoms with Gasteiger partial charge in [0.25, 0.3) is 0 Å². The topological polar surface area (TPSA) is 41.1 Å². The Morgan fingerprint density at radius 1 is 1.21 bits per heavy atom. The monoisotopic (exact) mass is 260 g/mol. The molecule has 1 aromatic rings. The largest absolute Gasteiger partial charge is 0.376 e. The summed E-state index contributed by atoms with van der Waals surface area (Å²) in [6.45, 7) is 3.49. The normalized spacial score (nSPS) is 22.8. The van der Waals surface area contributed by atoms with Gasteiger partial charge >= 0.3 is 0 Å². The summed E-state index contributed by atoms with van der Waals surface area (Å²) in [7, 11) is 0. The molecule has 0 saturated heterocycles. The van der Waals surface area contributed by atoms with Gasteiger partial charge in [0, 0.05) is 12.2 Å². The van der Waals surface area contributed by atoms with Crippen LogP contribution in [0.3, 0.4) is 0 Å². The quantitative estimate of drug-likeness (QED) is 0.854. The van der Waals surface area contributed by atoms with Crippen molar-refractivity contribution in [2.75, 3.05) is 18.4 Å². The van der Waals surface area contributed by atoms with Gasteiger partial charge in [0.2, 0.25) is 5.91 Å². The van der Waals surface area contributed by atoms with Crippen LogP contribution >= 0.6 is 0 Å². The number of hydrogen-bond donors (Lipinski definition) is 2. The lowest BCUT2D eigenvalue weighted by Crippen LogP contribution is -2.36. The van der Waals surface area contributed by atoms with E-state index in [1.54, 1.807) is 0 Å². The van der Waals surface area contributed by atoms with Crippen LogP contribution in [0.1, 0.15) is 32.6 Å². The molecule has 0 bridgehead atoms. The van der Waals surface area contributed by atoms with E-state index in [4.69, 9.17) is 0 Å². The van der Waals surface area contributed by atoms with Crippen LogP contribution in [-0.4, -0.2) is 19.0 Å². The van der Waals surface area contributed by atoms with Gasteiger partial charge in [0.15, 0.2) is 0 Å². The lowest BCUT2D eigenvalue weighted by molar-refractivity contribution is -0.119. The van der Waals surface area contributed by atoms with E-state index in [1.165, 1.54) is 25.7 Å². The first-order valence-corrected chi connectivity index (χ1v) is 7.31. The van der Waals surface area contributed by atoms with Crippen molar-refractivity contribution in [2.45, 2.75) is 32.6 Å². The van der Waals surface area contributed by atoms with Gasteiger partial charge in [-0.05, 0) is 30.4 Å². The maximum Gasteiger partial charge on any atom is 0.239 e. The van der Waals surface area contributed by atoms with E-state index in [0.29, 0.717) is 12.5 Å². The Bertz CT molecular complexity index is 391. The van der Waals surface area contributed by atoms with Crippen molar-refractivity contribution < 1.29 is 4.79 Å². The van der Waals surface area contributed by atoms with Gasteiger partial charge in [-0.1, -0.05) is 44.4 Å². The zero-order valence-electron chi connectivity index (χ0n) is 11.7. The van der Waals surface area contributed by atoms with E-state index in [2.05, 4.69) is 17.6 Å². The molecule has 0 heterocycles. The number of anilines is 1. The van der Waals surface area contributed by atoms with Crippen LogP contribution in [-0.2, 0) is 4.79 Å². The van der Waals surface area contributed by atoms with Gasteiger partial charge in [0.1, 0.15) is 0 Å². The van der Waals surface area contributed by atoms with E-state index in [-0.39, 0.29) is 5.91 Å². The smallest absolute Gasteiger partial charge is 0.239 e. The molecular weight excluding hydrogens is 236 g/mol. The maximum absolute atomic E-state index is 11.8. The average Bonchev–Trinajstić information content (AvgIpc) is 2.45. The maximum atomic E-state index is 11.8. The van der Waals surface area contributed by atoms with Crippen LogP contribution in [0.2, 0.25) is 0 Å². The second-order valence-electron chi connectivity index (χ2n) is 5.55. The minimum atomic E-state index is 0.0848. The van der Waals surface area contributed by atoms with Gasteiger partial charge in [-0.25, -0.2) is 0 Å². The SMILES string of the molecule is CC1CCCCC1CNC(=O)CNc1ccccc1. The summed E-state index contributed by atoms with van der Waals surface area (Å²) in [6, 6.07) is 9.83. The highest BCUT2D eigenvalue weighted by atomic mass is 16.1. The molecule has 3 heteroatoms. The fourth-order valence-electron chi connectivity index (χ4n) is 2.74. The van der Waals surface area contributed by atoms with Crippen molar-refractivity contribution in [2.24, 2.45) is 11.8 Å². The molecule has 0 radical (unpaired) electrons. The molecule has 2 N–H and O–H groups in total. The van der Waals surface area contributed by atoms with E-state index in [1.807, 2.05) is 30.3 Å². The van der Waals surface area contributed by atoms with Crippen LogP contribution in [0.15, 0.2) is 30.3 Å². The Balaban J connectivity index is 1.67. The molecule has 1 aliphatic carbocycles. The summed E-state index contributed by atoms with van der Waals surface area (Å²) in [4.78, 5) is 11.8. The molecule has 2 atom stereocenters. The molecule has 104 valence electrons. The molecule has 1 aromatic carbocycles. The highest BCUT2D eigenvalue weighted by Crippen LogP contribution is 2.28. The summed E-state index contributed by atoms with van der Waals surface area (Å²) in [5.74, 6) is 1.49. The summed E-state index contributed by atoms with van der Waals surface area (Å²) in [5, 5.41) is 6.18. The minimum absolute atomic E-state index is 0.0848. The number of carbonyl (C=O) groups is 1. The number of nitrogens with one attached hydrogen (secondary N) is 2. The molecule has 0 aromatic heterocycles. The molecule has 1 amide bonds. The first-order valence-electron chi connectivity index (χ1n) is 7.31. The minimum Gasteiger partial charge on any atom is -0.376 e. The highest BCUT2D eigenvalue weighted by molar-refractivity contribution is 5.80. The predicted molar refractivity (Wildman–Crippen MR) is 79.1 cm³/mol. The number of rotatable bonds is 5. The van der Waals surface area contributed by atoms with E-state index in [9.17, 15) is 4.79 Å². The highest BCUT2D eigenvalue weighted by Gasteiger charge is 2.21. The number of benzene rings is 1. The van der Waals surface area contributed by atoms with Crippen LogP contribution < -0.4 is 10.6 Å². The number of carbonyl (C=O) groups excluding carboxylic acids is 1. The zero-order chi connectivity index (χ0) is 13.5. The predicted octanol–water partition coefficient (Wildman–Crippen LogP) is 3.04. The second-order valence-corrected chi connectivity index (χ2v) is 5.55. The number of amides is 1. The lowest BCUT2D eigenvalue weighted by Gasteiger charge is -2.28. The molecule has 0 spiro atoms.